The van der Waals surface area contributed by atoms with Gasteiger partial charge in [-0.05, 0) is 22.9 Å². The monoisotopic (exact) mass is 397 g/mol. The van der Waals surface area contributed by atoms with Crippen LogP contribution in [0.4, 0.5) is 4.79 Å². The summed E-state index contributed by atoms with van der Waals surface area (Å²) in [6.07, 6.45) is -1.60. The smallest absolute Gasteiger partial charge is 0.328 e. The largest absolute Gasteiger partial charge is 0.491 e. The molecule has 0 aromatic heterocycles. The molecular formula is C20H23N5O4. The number of amides is 3. The van der Waals surface area contributed by atoms with E-state index in [0.717, 1.165) is 15.7 Å². The number of carbonyl (C=O) groups is 2. The summed E-state index contributed by atoms with van der Waals surface area (Å²) in [5.41, 5.74) is 5.99. The molecule has 0 bridgehead atoms. The Bertz CT molecular complexity index is 994. The highest BCUT2D eigenvalue weighted by molar-refractivity contribution is 6.03. The summed E-state index contributed by atoms with van der Waals surface area (Å²) >= 11 is 0. The van der Waals surface area contributed by atoms with Crippen molar-refractivity contribution < 1.29 is 19.4 Å². The molecule has 4 rings (SSSR count). The standard InChI is InChI=1S/C20H23N5O4/c1-23-17-16(18(27)24(2)20(23)28)25(19(21)22-17)10-14(26)11-29-15-8-7-12-5-3-4-6-13(12)9-15/h3-9,14,16-17,26H,10-11H2,1-2H3,(H2,21,22). The Kier molecular flexibility index (Phi) is 4.75. The van der Waals surface area contributed by atoms with Gasteiger partial charge in [0.05, 0.1) is 6.54 Å². The zero-order valence-corrected chi connectivity index (χ0v) is 16.2. The zero-order chi connectivity index (χ0) is 20.7. The van der Waals surface area contributed by atoms with Crippen molar-refractivity contribution in [3.8, 4) is 5.75 Å². The Morgan fingerprint density at radius 3 is 2.66 bits per heavy atom. The van der Waals surface area contributed by atoms with Gasteiger partial charge in [-0.15, -0.1) is 0 Å². The van der Waals surface area contributed by atoms with Crippen LogP contribution in [0.25, 0.3) is 10.8 Å². The third kappa shape index (κ3) is 3.33. The van der Waals surface area contributed by atoms with Gasteiger partial charge in [0.15, 0.2) is 18.2 Å². The van der Waals surface area contributed by atoms with Crippen molar-refractivity contribution in [1.82, 2.24) is 14.7 Å². The number of nitrogens with zero attached hydrogens (tertiary/aromatic N) is 4. The van der Waals surface area contributed by atoms with E-state index in [4.69, 9.17) is 10.5 Å². The van der Waals surface area contributed by atoms with Crippen molar-refractivity contribution in [2.45, 2.75) is 18.3 Å². The molecule has 3 unspecified atom stereocenters. The Hall–Kier alpha value is -3.33. The molecule has 2 aliphatic heterocycles. The maximum Gasteiger partial charge on any atom is 0.328 e. The maximum atomic E-state index is 12.6. The highest BCUT2D eigenvalue weighted by Gasteiger charge is 2.50. The maximum absolute atomic E-state index is 12.6. The fourth-order valence-corrected chi connectivity index (χ4v) is 3.72. The normalized spacial score (nSPS) is 22.7. The lowest BCUT2D eigenvalue weighted by atomic mass is 10.1. The second-order valence-electron chi connectivity index (χ2n) is 7.26. The van der Waals surface area contributed by atoms with Crippen LogP contribution >= 0.6 is 0 Å². The molecule has 1 saturated heterocycles. The number of hydrogen-bond donors (Lipinski definition) is 2. The van der Waals surface area contributed by atoms with E-state index in [1.807, 2.05) is 42.5 Å². The van der Waals surface area contributed by atoms with Crippen molar-refractivity contribution in [3.63, 3.8) is 0 Å². The number of guanidine groups is 1. The van der Waals surface area contributed by atoms with E-state index < -0.39 is 30.2 Å². The number of rotatable bonds is 5. The Labute approximate surface area is 167 Å². The third-order valence-corrected chi connectivity index (χ3v) is 5.32. The molecule has 152 valence electrons. The Morgan fingerprint density at radius 1 is 1.17 bits per heavy atom. The molecule has 0 spiro atoms. The van der Waals surface area contributed by atoms with Crippen LogP contribution in [0.2, 0.25) is 0 Å². The Morgan fingerprint density at radius 2 is 1.90 bits per heavy atom. The van der Waals surface area contributed by atoms with Crippen LogP contribution < -0.4 is 10.5 Å². The summed E-state index contributed by atoms with van der Waals surface area (Å²) in [6, 6.07) is 12.4. The fourth-order valence-electron chi connectivity index (χ4n) is 3.72. The summed E-state index contributed by atoms with van der Waals surface area (Å²) in [5.74, 6) is 0.362. The third-order valence-electron chi connectivity index (χ3n) is 5.32. The van der Waals surface area contributed by atoms with Crippen LogP contribution in [0.1, 0.15) is 0 Å². The summed E-state index contributed by atoms with van der Waals surface area (Å²) in [6.45, 7) is 0.0873. The van der Waals surface area contributed by atoms with Crippen molar-refractivity contribution in [1.29, 1.82) is 0 Å². The molecule has 9 nitrogen and oxygen atoms in total. The topological polar surface area (TPSA) is 112 Å². The van der Waals surface area contributed by atoms with Crippen molar-refractivity contribution >= 4 is 28.7 Å². The first-order valence-corrected chi connectivity index (χ1v) is 9.31. The molecule has 2 heterocycles. The molecule has 3 atom stereocenters. The second kappa shape index (κ2) is 7.25. The molecule has 29 heavy (non-hydrogen) atoms. The molecule has 3 N–H and O–H groups in total. The van der Waals surface area contributed by atoms with E-state index in [9.17, 15) is 14.7 Å². The van der Waals surface area contributed by atoms with Gasteiger partial charge in [0.25, 0.3) is 5.91 Å². The summed E-state index contributed by atoms with van der Waals surface area (Å²) in [5, 5.41) is 12.6. The minimum Gasteiger partial charge on any atom is -0.491 e. The minimum atomic E-state index is -0.907. The summed E-state index contributed by atoms with van der Waals surface area (Å²) < 4.78 is 5.73. The van der Waals surface area contributed by atoms with Crippen LogP contribution in [0.15, 0.2) is 47.5 Å². The number of aliphatic hydroxyl groups excluding tert-OH is 1. The first-order chi connectivity index (χ1) is 13.9. The van der Waals surface area contributed by atoms with Gasteiger partial charge in [-0.1, -0.05) is 30.3 Å². The van der Waals surface area contributed by atoms with Crippen LogP contribution in [0.3, 0.4) is 0 Å². The van der Waals surface area contributed by atoms with Crippen LogP contribution in [-0.2, 0) is 4.79 Å². The van der Waals surface area contributed by atoms with E-state index in [-0.39, 0.29) is 19.1 Å². The number of aliphatic imine (C=N–C) groups is 1. The molecule has 2 aliphatic rings. The van der Waals surface area contributed by atoms with E-state index >= 15 is 0 Å². The van der Waals surface area contributed by atoms with Gasteiger partial charge in [0.1, 0.15) is 18.5 Å². The lowest BCUT2D eigenvalue weighted by Crippen LogP contribution is -2.65. The molecule has 0 aliphatic carbocycles. The van der Waals surface area contributed by atoms with Gasteiger partial charge in [-0.2, -0.15) is 0 Å². The predicted molar refractivity (Wildman–Crippen MR) is 107 cm³/mol. The number of β-amino-alcohol motifs (C(OH)–C–C–N with tert-alkyl or cyclic N) is 1. The number of hydrogen-bond acceptors (Lipinski definition) is 7. The lowest BCUT2D eigenvalue weighted by molar-refractivity contribution is -0.136. The highest BCUT2D eigenvalue weighted by Crippen LogP contribution is 2.26. The zero-order valence-electron chi connectivity index (χ0n) is 16.2. The van der Waals surface area contributed by atoms with Gasteiger partial charge in [0.2, 0.25) is 0 Å². The quantitative estimate of drug-likeness (QED) is 0.757. The number of benzene rings is 2. The van der Waals surface area contributed by atoms with Gasteiger partial charge < -0.3 is 25.4 Å². The predicted octanol–water partition coefficient (Wildman–Crippen LogP) is 0.428. The van der Waals surface area contributed by atoms with Gasteiger partial charge in [-0.25, -0.2) is 9.79 Å². The number of urea groups is 1. The average Bonchev–Trinajstić information content (AvgIpc) is 3.05. The molecule has 0 radical (unpaired) electrons. The van der Waals surface area contributed by atoms with Crippen molar-refractivity contribution in [2.24, 2.45) is 10.7 Å². The summed E-state index contributed by atoms with van der Waals surface area (Å²) in [4.78, 5) is 32.9. The minimum absolute atomic E-state index is 0.0261. The SMILES string of the molecule is CN1C(=O)C2C(N=C(N)N2CC(O)COc2ccc3ccccc3c2)N(C)C1=O. The molecule has 0 saturated carbocycles. The number of carbonyl (C=O) groups excluding carboxylic acids is 2. The summed E-state index contributed by atoms with van der Waals surface area (Å²) in [7, 11) is 2.99. The van der Waals surface area contributed by atoms with Gasteiger partial charge in [0, 0.05) is 14.1 Å². The van der Waals surface area contributed by atoms with Crippen molar-refractivity contribution in [2.75, 3.05) is 27.2 Å². The molecule has 1 fully saturated rings. The van der Waals surface area contributed by atoms with Gasteiger partial charge >= 0.3 is 6.03 Å². The van der Waals surface area contributed by atoms with E-state index in [2.05, 4.69) is 4.99 Å². The van der Waals surface area contributed by atoms with E-state index in [1.165, 1.54) is 16.8 Å². The molecule has 2 aromatic carbocycles. The average molecular weight is 397 g/mol. The molecule has 2 aromatic rings. The molecule has 3 amide bonds. The first-order valence-electron chi connectivity index (χ1n) is 9.31. The van der Waals surface area contributed by atoms with Crippen molar-refractivity contribution in [3.05, 3.63) is 42.5 Å². The molecular weight excluding hydrogens is 374 g/mol. The van der Waals surface area contributed by atoms with E-state index in [0.29, 0.717) is 5.75 Å². The Balaban J connectivity index is 1.42. The number of imide groups is 1. The lowest BCUT2D eigenvalue weighted by Gasteiger charge is -2.40. The number of fused-ring (bicyclic) bond motifs is 2. The number of aliphatic hydroxyl groups is 1. The van der Waals surface area contributed by atoms with Crippen LogP contribution in [0, 0.1) is 0 Å². The highest BCUT2D eigenvalue weighted by atomic mass is 16.5. The van der Waals surface area contributed by atoms with E-state index in [1.54, 1.807) is 7.05 Å². The second-order valence-corrected chi connectivity index (χ2v) is 7.26. The van der Waals surface area contributed by atoms with Crippen LogP contribution in [0.5, 0.6) is 5.75 Å². The number of nitrogens with two attached hydrogens (primary N) is 1. The number of likely N-dealkylation sites (N-methyl/N-ethyl adjacent to an activating group) is 2. The fraction of sp³-hybridized carbons (Fsp3) is 0.350. The number of ether oxygens (including phenoxy) is 1. The first kappa shape index (κ1) is 19.0. The van der Waals surface area contributed by atoms with Crippen LogP contribution in [-0.4, -0.2) is 83.3 Å². The van der Waals surface area contributed by atoms with Gasteiger partial charge in [-0.3, -0.25) is 9.69 Å². The molecule has 9 heteroatoms.